The fraction of sp³-hybridized carbons (Fsp3) is 0.308. The molecule has 1 aliphatic heterocycles. The van der Waals surface area contributed by atoms with E-state index >= 15 is 0 Å². The number of halogens is 4. The molecule has 0 aliphatic carbocycles. The average Bonchev–Trinajstić information content (AvgIpc) is 3.21. The van der Waals surface area contributed by atoms with Crippen molar-refractivity contribution in [3.8, 4) is 11.4 Å². The lowest BCUT2D eigenvalue weighted by atomic mass is 9.99. The van der Waals surface area contributed by atoms with E-state index in [1.165, 1.54) is 13.0 Å². The number of carbonyl (C=O) groups is 1. The molecule has 1 aliphatic rings. The highest BCUT2D eigenvalue weighted by Gasteiger charge is 2.24. The van der Waals surface area contributed by atoms with E-state index in [0.717, 1.165) is 38.1 Å². The number of fused-ring (bicyclic) bond motifs is 1. The molecule has 2 aromatic heterocycles. The highest BCUT2D eigenvalue weighted by atomic mass is 35.5. The van der Waals surface area contributed by atoms with E-state index in [9.17, 15) is 13.6 Å². The Morgan fingerprint density at radius 3 is 2.63 bits per heavy atom. The third kappa shape index (κ3) is 5.72. The predicted octanol–water partition coefficient (Wildman–Crippen LogP) is 5.65. The Labute approximate surface area is 227 Å². The van der Waals surface area contributed by atoms with Gasteiger partial charge in [-0.3, -0.25) is 4.79 Å². The van der Waals surface area contributed by atoms with Crippen molar-refractivity contribution < 1.29 is 13.6 Å². The Kier molecular flexibility index (Phi) is 7.73. The first kappa shape index (κ1) is 26.3. The van der Waals surface area contributed by atoms with E-state index in [1.807, 2.05) is 4.57 Å². The van der Waals surface area contributed by atoms with Gasteiger partial charge < -0.3 is 20.5 Å². The van der Waals surface area contributed by atoms with Crippen LogP contribution in [0.3, 0.4) is 0 Å². The zero-order valence-electron chi connectivity index (χ0n) is 20.5. The van der Waals surface area contributed by atoms with E-state index in [1.54, 1.807) is 18.3 Å². The lowest BCUT2D eigenvalue weighted by molar-refractivity contribution is -0.114. The molecule has 198 valence electrons. The topological polar surface area (TPSA) is 96.8 Å². The van der Waals surface area contributed by atoms with Gasteiger partial charge in [0, 0.05) is 25.7 Å². The minimum Gasteiger partial charge on any atom is -0.350 e. The highest BCUT2D eigenvalue weighted by molar-refractivity contribution is 6.39. The Bertz CT molecular complexity index is 1480. The van der Waals surface area contributed by atoms with Crippen LogP contribution in [0.15, 0.2) is 36.5 Å². The summed E-state index contributed by atoms with van der Waals surface area (Å²) in [7, 11) is 0. The molecule has 1 amide bonds. The normalized spacial score (nSPS) is 15.6. The number of carbonyl (C=O) groups excluding carboxylic acids is 1. The first-order valence-corrected chi connectivity index (χ1v) is 12.9. The highest BCUT2D eigenvalue weighted by Crippen LogP contribution is 2.38. The first-order chi connectivity index (χ1) is 18.3. The second kappa shape index (κ2) is 11.2. The molecular formula is C26H25Cl2F2N7O. The molecule has 12 heteroatoms. The number of hydrogen-bond donors (Lipinski definition) is 3. The molecule has 1 atom stereocenters. The van der Waals surface area contributed by atoms with Gasteiger partial charge >= 0.3 is 0 Å². The second-order valence-electron chi connectivity index (χ2n) is 9.26. The van der Waals surface area contributed by atoms with Crippen LogP contribution in [0.2, 0.25) is 10.0 Å². The Hall–Kier alpha value is -3.34. The van der Waals surface area contributed by atoms with Crippen molar-refractivity contribution >= 4 is 51.9 Å². The molecule has 2 aromatic carbocycles. The molecule has 5 rings (SSSR count). The summed E-state index contributed by atoms with van der Waals surface area (Å²) in [6.45, 7) is 4.08. The number of rotatable bonds is 7. The summed E-state index contributed by atoms with van der Waals surface area (Å²) in [5, 5.41) is 9.87. The molecule has 1 fully saturated rings. The van der Waals surface area contributed by atoms with Gasteiger partial charge in [0.15, 0.2) is 17.3 Å². The van der Waals surface area contributed by atoms with Crippen LogP contribution >= 0.6 is 23.2 Å². The maximum absolute atomic E-state index is 13.6. The van der Waals surface area contributed by atoms with Gasteiger partial charge in [-0.1, -0.05) is 29.3 Å². The van der Waals surface area contributed by atoms with E-state index in [0.29, 0.717) is 62.3 Å². The molecule has 0 saturated carbocycles. The van der Waals surface area contributed by atoms with Crippen molar-refractivity contribution in [1.82, 2.24) is 24.8 Å². The van der Waals surface area contributed by atoms with Crippen molar-refractivity contribution in [3.05, 3.63) is 63.8 Å². The van der Waals surface area contributed by atoms with E-state index in [4.69, 9.17) is 33.2 Å². The molecule has 3 N–H and O–H groups in total. The van der Waals surface area contributed by atoms with Gasteiger partial charge in [0.25, 0.3) is 0 Å². The predicted molar refractivity (Wildman–Crippen MR) is 144 cm³/mol. The summed E-state index contributed by atoms with van der Waals surface area (Å²) in [5.74, 6) is -0.854. The number of anilines is 2. The maximum atomic E-state index is 13.6. The molecule has 1 saturated heterocycles. The lowest BCUT2D eigenvalue weighted by Gasteiger charge is -2.24. The summed E-state index contributed by atoms with van der Waals surface area (Å²) in [5.41, 5.74) is 2.71. The zero-order valence-corrected chi connectivity index (χ0v) is 22.0. The Morgan fingerprint density at radius 2 is 1.95 bits per heavy atom. The standard InChI is InChI=1S/C26H25Cl2F2N7O/c1-14(38)34-17-8-18(27)23(19(28)9-17)25-35-22-12-33-26(32-11-15-4-5-20(29)21(30)7-15)36-24(22)37(25)13-16-3-2-6-31-10-16/h4-5,7-9,12,16,31H,2-3,6,10-11,13H2,1H3,(H,34,38)(H,32,33,36)/t16-/m1/s1. The Morgan fingerprint density at radius 1 is 1.16 bits per heavy atom. The van der Waals surface area contributed by atoms with Crippen molar-refractivity contribution in [3.63, 3.8) is 0 Å². The van der Waals surface area contributed by atoms with Crippen LogP contribution in [-0.2, 0) is 17.9 Å². The number of aromatic nitrogens is 4. The minimum absolute atomic E-state index is 0.207. The van der Waals surface area contributed by atoms with Gasteiger partial charge in [-0.15, -0.1) is 0 Å². The van der Waals surface area contributed by atoms with Gasteiger partial charge in [-0.2, -0.15) is 4.98 Å². The number of nitrogens with zero attached hydrogens (tertiary/aromatic N) is 4. The van der Waals surface area contributed by atoms with E-state index < -0.39 is 11.6 Å². The molecule has 0 unspecified atom stereocenters. The quantitative estimate of drug-likeness (QED) is 0.271. The zero-order chi connectivity index (χ0) is 26.8. The van der Waals surface area contributed by atoms with Gasteiger partial charge in [0.2, 0.25) is 11.9 Å². The lowest BCUT2D eigenvalue weighted by Crippen LogP contribution is -2.32. The number of benzene rings is 2. The van der Waals surface area contributed by atoms with Crippen LogP contribution in [0.5, 0.6) is 0 Å². The van der Waals surface area contributed by atoms with Crippen molar-refractivity contribution in [2.75, 3.05) is 23.7 Å². The van der Waals surface area contributed by atoms with Crippen molar-refractivity contribution in [1.29, 1.82) is 0 Å². The van der Waals surface area contributed by atoms with Gasteiger partial charge in [-0.05, 0) is 61.7 Å². The van der Waals surface area contributed by atoms with E-state index in [2.05, 4.69) is 20.9 Å². The third-order valence-corrected chi connectivity index (χ3v) is 6.94. The van der Waals surface area contributed by atoms with Crippen LogP contribution in [0.1, 0.15) is 25.3 Å². The monoisotopic (exact) mass is 559 g/mol. The summed E-state index contributed by atoms with van der Waals surface area (Å²) in [6.07, 6.45) is 3.71. The number of nitrogens with one attached hydrogen (secondary N) is 3. The third-order valence-electron chi connectivity index (χ3n) is 6.35. The van der Waals surface area contributed by atoms with E-state index in [-0.39, 0.29) is 12.5 Å². The number of hydrogen-bond acceptors (Lipinski definition) is 6. The second-order valence-corrected chi connectivity index (χ2v) is 10.1. The fourth-order valence-corrected chi connectivity index (χ4v) is 5.25. The van der Waals surface area contributed by atoms with Crippen LogP contribution in [-0.4, -0.2) is 38.5 Å². The minimum atomic E-state index is -0.914. The SMILES string of the molecule is CC(=O)Nc1cc(Cl)c(-c2nc3cnc(NCc4ccc(F)c(F)c4)nc3n2C[C@@H]2CCCNC2)c(Cl)c1. The van der Waals surface area contributed by atoms with Crippen LogP contribution in [0.25, 0.3) is 22.6 Å². The molecular weight excluding hydrogens is 535 g/mol. The van der Waals surface area contributed by atoms with Crippen LogP contribution in [0.4, 0.5) is 20.4 Å². The summed E-state index contributed by atoms with van der Waals surface area (Å²) >= 11 is 13.3. The first-order valence-electron chi connectivity index (χ1n) is 12.2. The molecule has 0 spiro atoms. The van der Waals surface area contributed by atoms with Gasteiger partial charge in [0.05, 0.1) is 21.8 Å². The maximum Gasteiger partial charge on any atom is 0.225 e. The molecule has 8 nitrogen and oxygen atoms in total. The summed E-state index contributed by atoms with van der Waals surface area (Å²) in [4.78, 5) is 25.4. The van der Waals surface area contributed by atoms with Gasteiger partial charge in [-0.25, -0.2) is 18.7 Å². The number of piperidine rings is 1. The number of amides is 1. The van der Waals surface area contributed by atoms with Gasteiger partial charge in [0.1, 0.15) is 11.3 Å². The Balaban J connectivity index is 1.53. The molecule has 0 bridgehead atoms. The van der Waals surface area contributed by atoms with Crippen LogP contribution in [0, 0.1) is 17.6 Å². The smallest absolute Gasteiger partial charge is 0.225 e. The van der Waals surface area contributed by atoms with Crippen molar-refractivity contribution in [2.45, 2.75) is 32.9 Å². The largest absolute Gasteiger partial charge is 0.350 e. The molecule has 0 radical (unpaired) electrons. The molecule has 3 heterocycles. The molecule has 38 heavy (non-hydrogen) atoms. The summed E-state index contributed by atoms with van der Waals surface area (Å²) < 4.78 is 28.9. The molecule has 4 aromatic rings. The average molecular weight is 560 g/mol. The van der Waals surface area contributed by atoms with Crippen molar-refractivity contribution in [2.24, 2.45) is 5.92 Å². The fourth-order valence-electron chi connectivity index (χ4n) is 4.60. The van der Waals surface area contributed by atoms with Crippen LogP contribution < -0.4 is 16.0 Å². The summed E-state index contributed by atoms with van der Waals surface area (Å²) in [6, 6.07) is 6.98. The number of imidazole rings is 1.